The van der Waals surface area contributed by atoms with Crippen molar-refractivity contribution in [1.82, 2.24) is 10.6 Å². The Bertz CT molecular complexity index is 930. The van der Waals surface area contributed by atoms with Crippen molar-refractivity contribution in [3.63, 3.8) is 0 Å². The number of carbonyl (C=O) groups is 4. The van der Waals surface area contributed by atoms with Crippen molar-refractivity contribution in [2.24, 2.45) is 23.7 Å². The minimum atomic E-state index is -1.12. The molecule has 0 aromatic heterocycles. The molecule has 214 valence electrons. The molecule has 2 amide bonds. The maximum atomic E-state index is 12.6. The Labute approximate surface area is 222 Å². The molecule has 1 aliphatic carbocycles. The summed E-state index contributed by atoms with van der Waals surface area (Å²) >= 11 is 0. The van der Waals surface area contributed by atoms with Crippen LogP contribution in [0, 0.1) is 23.7 Å². The van der Waals surface area contributed by atoms with Gasteiger partial charge in [-0.1, -0.05) is 13.8 Å². The van der Waals surface area contributed by atoms with Crippen molar-refractivity contribution in [3.05, 3.63) is 0 Å². The van der Waals surface area contributed by atoms with E-state index >= 15 is 0 Å². The first-order valence-electron chi connectivity index (χ1n) is 13.6. The zero-order chi connectivity index (χ0) is 27.7. The van der Waals surface area contributed by atoms with Crippen molar-refractivity contribution in [2.75, 3.05) is 6.54 Å². The maximum Gasteiger partial charge on any atom is 0.325 e. The van der Waals surface area contributed by atoms with Crippen molar-refractivity contribution in [1.29, 1.82) is 0 Å². The minimum Gasteiger partial charge on any atom is -0.480 e. The number of amides is 2. The number of carboxylic acid groups (broad SMARTS) is 1. The van der Waals surface area contributed by atoms with Crippen molar-refractivity contribution >= 4 is 23.8 Å². The number of rotatable bonds is 10. The van der Waals surface area contributed by atoms with Gasteiger partial charge in [0.2, 0.25) is 23.9 Å². The van der Waals surface area contributed by atoms with Gasteiger partial charge in [0, 0.05) is 37.6 Å². The SMILES string of the molecule is C[C@@H]1[C@@H](OC(=O)CCC(=O)NCCCC(=O)N[C@H](C)C(=O)O)O[C@H]2O[C@]3(C)CC[C@H]4[C@H](C)CC[C@H]1[C@]24OO3. The van der Waals surface area contributed by atoms with Crippen LogP contribution in [0.25, 0.3) is 0 Å². The number of hydrogen-bond donors (Lipinski definition) is 3. The quantitative estimate of drug-likeness (QED) is 0.213. The molecule has 12 heteroatoms. The van der Waals surface area contributed by atoms with Crippen LogP contribution in [0.2, 0.25) is 0 Å². The first-order valence-corrected chi connectivity index (χ1v) is 13.6. The lowest BCUT2D eigenvalue weighted by Gasteiger charge is -2.59. The highest BCUT2D eigenvalue weighted by molar-refractivity contribution is 5.83. The van der Waals surface area contributed by atoms with Gasteiger partial charge in [-0.05, 0) is 51.4 Å². The highest BCUT2D eigenvalue weighted by Crippen LogP contribution is 2.60. The zero-order valence-corrected chi connectivity index (χ0v) is 22.5. The van der Waals surface area contributed by atoms with Crippen molar-refractivity contribution in [2.45, 2.75) is 109 Å². The number of ether oxygens (including phenoxy) is 3. The van der Waals surface area contributed by atoms with E-state index in [-0.39, 0.29) is 49.5 Å². The maximum absolute atomic E-state index is 12.6. The van der Waals surface area contributed by atoms with Gasteiger partial charge >= 0.3 is 11.9 Å². The lowest BCUT2D eigenvalue weighted by atomic mass is 9.58. The van der Waals surface area contributed by atoms with Gasteiger partial charge in [0.15, 0.2) is 11.9 Å². The molecule has 4 aliphatic heterocycles. The number of nitrogens with one attached hydrogen (secondary N) is 2. The Balaban J connectivity index is 1.24. The lowest BCUT2D eigenvalue weighted by molar-refractivity contribution is -0.576. The monoisotopic (exact) mass is 540 g/mol. The highest BCUT2D eigenvalue weighted by Gasteiger charge is 2.69. The van der Waals surface area contributed by atoms with Gasteiger partial charge in [-0.25, -0.2) is 9.78 Å². The molecule has 4 saturated heterocycles. The smallest absolute Gasteiger partial charge is 0.325 e. The fraction of sp³-hybridized carbons (Fsp3) is 0.846. The standard InChI is InChI=1S/C26H40N2O10/c1-14-7-8-18-15(2)23(35-24-26(18)17(14)11-12-25(4,36-24)37-38-26)34-21(31)10-9-19(29)27-13-5-6-20(30)28-16(3)22(32)33/h14-18,23-24H,5-13H2,1-4H3,(H,27,29)(H,28,30)(H,32,33)/t14-,15+,16-,17+,18-,23+,24+,25+,26+/m1/s1. The fourth-order valence-corrected chi connectivity index (χ4v) is 6.35. The summed E-state index contributed by atoms with van der Waals surface area (Å²) in [4.78, 5) is 59.1. The number of hydrogen-bond acceptors (Lipinski definition) is 9. The topological polar surface area (TPSA) is 159 Å². The zero-order valence-electron chi connectivity index (χ0n) is 22.5. The van der Waals surface area contributed by atoms with E-state index in [1.165, 1.54) is 6.92 Å². The third-order valence-corrected chi connectivity index (χ3v) is 8.55. The second-order valence-electron chi connectivity index (χ2n) is 11.3. The Morgan fingerprint density at radius 3 is 2.53 bits per heavy atom. The fourth-order valence-electron chi connectivity index (χ4n) is 6.35. The average molecular weight is 541 g/mol. The van der Waals surface area contributed by atoms with E-state index in [2.05, 4.69) is 17.6 Å². The Kier molecular flexibility index (Phi) is 8.65. The molecule has 38 heavy (non-hydrogen) atoms. The van der Waals surface area contributed by atoms with Gasteiger partial charge in [-0.15, -0.1) is 0 Å². The van der Waals surface area contributed by atoms with Gasteiger partial charge in [0.25, 0.3) is 0 Å². The van der Waals surface area contributed by atoms with Crippen LogP contribution >= 0.6 is 0 Å². The summed E-state index contributed by atoms with van der Waals surface area (Å²) in [7, 11) is 0. The molecule has 9 atom stereocenters. The minimum absolute atomic E-state index is 0.0295. The predicted molar refractivity (Wildman–Crippen MR) is 130 cm³/mol. The number of aliphatic carboxylic acids is 1. The lowest BCUT2D eigenvalue weighted by Crippen LogP contribution is -2.70. The van der Waals surface area contributed by atoms with E-state index in [1.807, 2.05) is 13.8 Å². The van der Waals surface area contributed by atoms with Crippen LogP contribution in [0.5, 0.6) is 0 Å². The molecule has 2 bridgehead atoms. The third kappa shape index (κ3) is 5.83. The number of carbonyl (C=O) groups excluding carboxylic acids is 3. The molecule has 1 spiro atoms. The molecule has 5 rings (SSSR count). The Morgan fingerprint density at radius 1 is 1.03 bits per heavy atom. The molecule has 3 N–H and O–H groups in total. The summed E-state index contributed by atoms with van der Waals surface area (Å²) < 4.78 is 18.2. The van der Waals surface area contributed by atoms with Crippen molar-refractivity contribution < 1.29 is 48.3 Å². The summed E-state index contributed by atoms with van der Waals surface area (Å²) in [6.07, 6.45) is 2.22. The summed E-state index contributed by atoms with van der Waals surface area (Å²) in [6, 6.07) is -0.971. The average Bonchev–Trinajstić information content (AvgIpc) is 3.09. The molecule has 1 saturated carbocycles. The molecule has 0 aromatic carbocycles. The van der Waals surface area contributed by atoms with Gasteiger partial charge < -0.3 is 30.0 Å². The number of carboxylic acids is 1. The number of esters is 1. The van der Waals surface area contributed by atoms with Crippen LogP contribution in [-0.4, -0.2) is 65.4 Å². The van der Waals surface area contributed by atoms with Gasteiger partial charge in [0.1, 0.15) is 6.04 Å². The largest absolute Gasteiger partial charge is 0.480 e. The van der Waals surface area contributed by atoms with E-state index in [4.69, 9.17) is 29.1 Å². The van der Waals surface area contributed by atoms with Crippen molar-refractivity contribution in [3.8, 4) is 0 Å². The second kappa shape index (κ2) is 11.4. The van der Waals surface area contributed by atoms with E-state index in [0.717, 1.165) is 19.3 Å². The first-order chi connectivity index (χ1) is 17.9. The molecule has 4 heterocycles. The Hall–Kier alpha value is -2.28. The van der Waals surface area contributed by atoms with Crippen LogP contribution in [0.1, 0.15) is 79.1 Å². The van der Waals surface area contributed by atoms with E-state index in [9.17, 15) is 19.2 Å². The summed E-state index contributed by atoms with van der Waals surface area (Å²) in [5.41, 5.74) is -0.738. The van der Waals surface area contributed by atoms with E-state index in [1.54, 1.807) is 0 Å². The van der Waals surface area contributed by atoms with Crippen LogP contribution in [0.4, 0.5) is 0 Å². The molecular formula is C26H40N2O10. The van der Waals surface area contributed by atoms with E-state index < -0.39 is 47.9 Å². The van der Waals surface area contributed by atoms with Crippen LogP contribution in [-0.2, 0) is 43.2 Å². The summed E-state index contributed by atoms with van der Waals surface area (Å²) in [5.74, 6) is -2.80. The highest BCUT2D eigenvalue weighted by atomic mass is 17.3. The Morgan fingerprint density at radius 2 is 1.79 bits per heavy atom. The molecular weight excluding hydrogens is 500 g/mol. The van der Waals surface area contributed by atoms with Gasteiger partial charge in [0.05, 0.1) is 6.42 Å². The molecule has 0 radical (unpaired) electrons. The predicted octanol–water partition coefficient (Wildman–Crippen LogP) is 2.00. The van der Waals surface area contributed by atoms with Crippen LogP contribution < -0.4 is 10.6 Å². The summed E-state index contributed by atoms with van der Waals surface area (Å²) in [6.45, 7) is 7.66. The van der Waals surface area contributed by atoms with Crippen LogP contribution in [0.15, 0.2) is 0 Å². The molecule has 0 aromatic rings. The van der Waals surface area contributed by atoms with Gasteiger partial charge in [-0.3, -0.25) is 19.2 Å². The normalized spacial score (nSPS) is 38.3. The molecule has 12 nitrogen and oxygen atoms in total. The first kappa shape index (κ1) is 28.7. The molecule has 5 aliphatic rings. The van der Waals surface area contributed by atoms with E-state index in [0.29, 0.717) is 18.8 Å². The number of fused-ring (bicyclic) bond motifs is 2. The van der Waals surface area contributed by atoms with Crippen LogP contribution in [0.3, 0.4) is 0 Å². The van der Waals surface area contributed by atoms with Gasteiger partial charge in [-0.2, -0.15) is 0 Å². The molecule has 5 fully saturated rings. The molecule has 0 unspecified atom stereocenters. The third-order valence-electron chi connectivity index (χ3n) is 8.55. The summed E-state index contributed by atoms with van der Waals surface area (Å²) in [5, 5.41) is 13.8. The second-order valence-corrected chi connectivity index (χ2v) is 11.3.